The molecule has 1 N–H and O–H groups in total. The Morgan fingerprint density at radius 1 is 1.11 bits per heavy atom. The maximum atomic E-state index is 14.1. The third-order valence-corrected chi connectivity index (χ3v) is 6.86. The Morgan fingerprint density at radius 2 is 1.97 bits per heavy atom. The van der Waals surface area contributed by atoms with Crippen LogP contribution in [0.15, 0.2) is 60.9 Å². The quantitative estimate of drug-likeness (QED) is 0.461. The lowest BCUT2D eigenvalue weighted by atomic mass is 9.78. The van der Waals surface area contributed by atoms with Crippen LogP contribution in [0.5, 0.6) is 0 Å². The van der Waals surface area contributed by atoms with Gasteiger partial charge in [-0.15, -0.1) is 10.2 Å². The van der Waals surface area contributed by atoms with Crippen LogP contribution in [0.1, 0.15) is 25.7 Å². The number of carbonyl (C=O) groups is 1. The van der Waals surface area contributed by atoms with Crippen molar-refractivity contribution in [3.63, 3.8) is 0 Å². The molecule has 6 rings (SSSR count). The summed E-state index contributed by atoms with van der Waals surface area (Å²) in [6.07, 6.45) is 6.47. The summed E-state index contributed by atoms with van der Waals surface area (Å²) in [5, 5.41) is 15.9. The summed E-state index contributed by atoms with van der Waals surface area (Å²) < 4.78 is 21.6. The first kappa shape index (κ1) is 21.5. The Kier molecular flexibility index (Phi) is 5.28. The maximum absolute atomic E-state index is 14.1. The Labute approximate surface area is 201 Å². The van der Waals surface area contributed by atoms with Crippen LogP contribution in [0, 0.1) is 11.7 Å². The summed E-state index contributed by atoms with van der Waals surface area (Å²) in [4.78, 5) is 18.5. The summed E-state index contributed by atoms with van der Waals surface area (Å²) in [5.41, 5.74) is 1.20. The number of rotatable bonds is 5. The monoisotopic (exact) mass is 473 g/mol. The molecule has 2 aliphatic rings. The highest BCUT2D eigenvalue weighted by molar-refractivity contribution is 5.89. The van der Waals surface area contributed by atoms with Crippen molar-refractivity contribution in [2.24, 2.45) is 5.92 Å². The zero-order valence-electron chi connectivity index (χ0n) is 19.0. The van der Waals surface area contributed by atoms with Crippen molar-refractivity contribution < 1.29 is 13.9 Å². The second-order valence-corrected chi connectivity index (χ2v) is 9.17. The number of nitrogens with zero attached hydrogens (tertiary/aromatic N) is 6. The molecule has 1 saturated heterocycles. The summed E-state index contributed by atoms with van der Waals surface area (Å²) in [6.45, 7) is 1.28. The van der Waals surface area contributed by atoms with Crippen molar-refractivity contribution in [1.29, 1.82) is 0 Å². The lowest BCUT2D eigenvalue weighted by molar-refractivity contribution is 0.0148. The molecular weight excluding hydrogens is 449 g/mol. The minimum Gasteiger partial charge on any atom is -0.441 e. The summed E-state index contributed by atoms with van der Waals surface area (Å²) in [5.74, 6) is 1.39. The van der Waals surface area contributed by atoms with E-state index in [2.05, 4.69) is 25.6 Å². The number of hydrogen-bond donors (Lipinski definition) is 1. The molecule has 1 spiro atoms. The predicted molar refractivity (Wildman–Crippen MR) is 127 cm³/mol. The SMILES string of the molecule is O=C1O[C@]2(CC[C@H](CNc3ccc4nc(-c5ccccc5F)cn4n3)CC2)CN1c1cccnn1. The van der Waals surface area contributed by atoms with Gasteiger partial charge in [0, 0.05) is 18.3 Å². The molecule has 3 aromatic heterocycles. The zero-order valence-corrected chi connectivity index (χ0v) is 19.0. The van der Waals surface area contributed by atoms with E-state index in [1.54, 1.807) is 52.1 Å². The molecule has 1 aliphatic carbocycles. The second-order valence-electron chi connectivity index (χ2n) is 9.17. The van der Waals surface area contributed by atoms with E-state index < -0.39 is 5.60 Å². The third-order valence-electron chi connectivity index (χ3n) is 6.86. The van der Waals surface area contributed by atoms with E-state index in [-0.39, 0.29) is 11.9 Å². The van der Waals surface area contributed by atoms with E-state index in [1.807, 2.05) is 12.1 Å². The van der Waals surface area contributed by atoms with E-state index >= 15 is 0 Å². The van der Waals surface area contributed by atoms with Gasteiger partial charge in [-0.05, 0) is 68.0 Å². The standard InChI is InChI=1S/C25H24FN7O2/c26-19-5-2-1-4-18(19)20-15-33-22(29-20)8-7-21(31-33)27-14-17-9-11-25(12-10-17)16-32(24(34)35-25)23-6-3-13-28-30-23/h1-8,13,15,17H,9-12,14,16H2,(H,27,31)/t17-,25-. The Bertz CT molecular complexity index is 1370. The number of nitrogens with one attached hydrogen (secondary N) is 1. The molecular formula is C25H24FN7O2. The lowest BCUT2D eigenvalue weighted by Crippen LogP contribution is -2.39. The molecule has 2 fully saturated rings. The number of benzene rings is 1. The zero-order chi connectivity index (χ0) is 23.8. The first-order valence-corrected chi connectivity index (χ1v) is 11.7. The fraction of sp³-hybridized carbons (Fsp3) is 0.320. The normalized spacial score (nSPS) is 22.0. The third kappa shape index (κ3) is 4.16. The van der Waals surface area contributed by atoms with Crippen LogP contribution in [-0.2, 0) is 4.74 Å². The van der Waals surface area contributed by atoms with Crippen LogP contribution in [-0.4, -0.2) is 49.6 Å². The van der Waals surface area contributed by atoms with Gasteiger partial charge in [0.2, 0.25) is 0 Å². The fourth-order valence-electron chi connectivity index (χ4n) is 4.93. The molecule has 9 nitrogen and oxygen atoms in total. The first-order valence-electron chi connectivity index (χ1n) is 11.7. The highest BCUT2D eigenvalue weighted by atomic mass is 19.1. The smallest absolute Gasteiger partial charge is 0.416 e. The number of imidazole rings is 1. The molecule has 1 amide bonds. The molecule has 0 atom stereocenters. The molecule has 4 heterocycles. The van der Waals surface area contributed by atoms with Gasteiger partial charge < -0.3 is 10.1 Å². The molecule has 1 saturated carbocycles. The number of ether oxygens (including phenoxy) is 1. The number of hydrogen-bond acceptors (Lipinski definition) is 7. The highest BCUT2D eigenvalue weighted by Crippen LogP contribution is 2.40. The second kappa shape index (κ2) is 8.61. The van der Waals surface area contributed by atoms with Crippen LogP contribution in [0.2, 0.25) is 0 Å². The topological polar surface area (TPSA) is 97.5 Å². The molecule has 35 heavy (non-hydrogen) atoms. The van der Waals surface area contributed by atoms with Gasteiger partial charge >= 0.3 is 6.09 Å². The average Bonchev–Trinajstić information content (AvgIpc) is 3.45. The number of amides is 1. The van der Waals surface area contributed by atoms with Crippen molar-refractivity contribution in [2.45, 2.75) is 31.3 Å². The Hall–Kier alpha value is -4.08. The molecule has 178 valence electrons. The van der Waals surface area contributed by atoms with Crippen LogP contribution >= 0.6 is 0 Å². The number of halogens is 1. The number of aromatic nitrogens is 5. The van der Waals surface area contributed by atoms with Gasteiger partial charge in [0.25, 0.3) is 0 Å². The largest absolute Gasteiger partial charge is 0.441 e. The van der Waals surface area contributed by atoms with Crippen LogP contribution in [0.3, 0.4) is 0 Å². The molecule has 1 aromatic carbocycles. The molecule has 10 heteroatoms. The van der Waals surface area contributed by atoms with Crippen molar-refractivity contribution in [1.82, 2.24) is 24.8 Å². The molecule has 0 radical (unpaired) electrons. The van der Waals surface area contributed by atoms with E-state index in [9.17, 15) is 9.18 Å². The molecule has 0 bridgehead atoms. The van der Waals surface area contributed by atoms with E-state index in [0.29, 0.717) is 35.2 Å². The van der Waals surface area contributed by atoms with Gasteiger partial charge in [-0.25, -0.2) is 18.7 Å². The Balaban J connectivity index is 1.07. The van der Waals surface area contributed by atoms with Gasteiger partial charge in [0.05, 0.1) is 18.4 Å². The van der Waals surface area contributed by atoms with Crippen molar-refractivity contribution in [3.05, 3.63) is 66.7 Å². The summed E-state index contributed by atoms with van der Waals surface area (Å²) in [7, 11) is 0. The molecule has 1 aliphatic heterocycles. The molecule has 4 aromatic rings. The van der Waals surface area contributed by atoms with Gasteiger partial charge in [-0.3, -0.25) is 4.90 Å². The van der Waals surface area contributed by atoms with Crippen LogP contribution in [0.25, 0.3) is 16.9 Å². The fourth-order valence-corrected chi connectivity index (χ4v) is 4.93. The number of carbonyl (C=O) groups excluding carboxylic acids is 1. The van der Waals surface area contributed by atoms with Gasteiger partial charge in [0.1, 0.15) is 17.2 Å². The first-order chi connectivity index (χ1) is 17.1. The minimum atomic E-state index is -0.456. The molecule has 0 unspecified atom stereocenters. The average molecular weight is 474 g/mol. The van der Waals surface area contributed by atoms with E-state index in [0.717, 1.165) is 38.0 Å². The maximum Gasteiger partial charge on any atom is 0.416 e. The summed E-state index contributed by atoms with van der Waals surface area (Å²) in [6, 6.07) is 13.9. The van der Waals surface area contributed by atoms with Crippen molar-refractivity contribution >= 4 is 23.4 Å². The van der Waals surface area contributed by atoms with E-state index in [1.165, 1.54) is 6.07 Å². The van der Waals surface area contributed by atoms with Gasteiger partial charge in [-0.2, -0.15) is 5.10 Å². The van der Waals surface area contributed by atoms with Gasteiger partial charge in [-0.1, -0.05) is 12.1 Å². The van der Waals surface area contributed by atoms with E-state index in [4.69, 9.17) is 4.74 Å². The van der Waals surface area contributed by atoms with Gasteiger partial charge in [0.15, 0.2) is 11.5 Å². The van der Waals surface area contributed by atoms with Crippen molar-refractivity contribution in [2.75, 3.05) is 23.3 Å². The predicted octanol–water partition coefficient (Wildman–Crippen LogP) is 4.32. The Morgan fingerprint density at radius 3 is 2.77 bits per heavy atom. The van der Waals surface area contributed by atoms with Crippen LogP contribution in [0.4, 0.5) is 20.8 Å². The minimum absolute atomic E-state index is 0.308. The number of anilines is 2. The highest BCUT2D eigenvalue weighted by Gasteiger charge is 2.48. The lowest BCUT2D eigenvalue weighted by Gasteiger charge is -2.35. The van der Waals surface area contributed by atoms with Crippen molar-refractivity contribution in [3.8, 4) is 11.3 Å². The van der Waals surface area contributed by atoms with Crippen LogP contribution < -0.4 is 10.2 Å². The summed E-state index contributed by atoms with van der Waals surface area (Å²) >= 11 is 0. The number of fused-ring (bicyclic) bond motifs is 1.